The summed E-state index contributed by atoms with van der Waals surface area (Å²) in [5.41, 5.74) is -0.222. The average molecular weight is 340 g/mol. The number of ketones is 1. The van der Waals surface area contributed by atoms with E-state index in [1.54, 1.807) is 0 Å². The van der Waals surface area contributed by atoms with E-state index >= 15 is 0 Å². The predicted octanol–water partition coefficient (Wildman–Crippen LogP) is 3.07. The van der Waals surface area contributed by atoms with Gasteiger partial charge >= 0.3 is 6.18 Å². The molecule has 8 heteroatoms. The van der Waals surface area contributed by atoms with E-state index in [9.17, 15) is 27.2 Å². The van der Waals surface area contributed by atoms with E-state index in [-0.39, 0.29) is 15.7 Å². The number of rotatable bonds is 2. The van der Waals surface area contributed by atoms with E-state index in [1.807, 2.05) is 0 Å². The van der Waals surface area contributed by atoms with Crippen LogP contribution in [0.5, 0.6) is 0 Å². The lowest BCUT2D eigenvalue weighted by Crippen LogP contribution is -2.33. The summed E-state index contributed by atoms with van der Waals surface area (Å²) in [5, 5.41) is 0. The molecule has 2 rings (SSSR count). The molecule has 102 valence electrons. The molecule has 0 bridgehead atoms. The Balaban J connectivity index is 2.36. The normalized spacial score (nSPS) is 15.1. The second kappa shape index (κ2) is 4.59. The summed E-state index contributed by atoms with van der Waals surface area (Å²) >= 11 is 2.85. The summed E-state index contributed by atoms with van der Waals surface area (Å²) in [4.78, 5) is 23.8. The molecule has 0 aliphatic carbocycles. The molecule has 1 aromatic carbocycles. The largest absolute Gasteiger partial charge is 0.390 e. The molecule has 0 atom stereocenters. The molecule has 0 spiro atoms. The molecule has 0 N–H and O–H groups in total. The number of Topliss-reactive ketones (excluding diaryl/α,β-unsaturated/α-hetero) is 1. The van der Waals surface area contributed by atoms with Crippen molar-refractivity contribution >= 4 is 33.3 Å². The maximum atomic E-state index is 13.4. The zero-order valence-electron chi connectivity index (χ0n) is 9.22. The highest BCUT2D eigenvalue weighted by Crippen LogP contribution is 2.34. The first-order valence-corrected chi connectivity index (χ1v) is 5.92. The van der Waals surface area contributed by atoms with Crippen molar-refractivity contribution in [1.82, 2.24) is 0 Å². The molecule has 0 saturated carbocycles. The molecule has 1 aliphatic rings. The maximum absolute atomic E-state index is 13.4. The molecule has 1 heterocycles. The van der Waals surface area contributed by atoms with Crippen molar-refractivity contribution in [2.24, 2.45) is 0 Å². The minimum atomic E-state index is -4.46. The van der Waals surface area contributed by atoms with Crippen LogP contribution in [-0.4, -0.2) is 24.4 Å². The van der Waals surface area contributed by atoms with Gasteiger partial charge in [-0.05, 0) is 28.1 Å². The second-order valence-corrected chi connectivity index (χ2v) is 4.79. The van der Waals surface area contributed by atoms with Crippen LogP contribution in [0, 0.1) is 5.82 Å². The molecular formula is C11H6BrF4NO2. The van der Waals surface area contributed by atoms with Gasteiger partial charge in [-0.15, -0.1) is 0 Å². The highest BCUT2D eigenvalue weighted by atomic mass is 79.9. The van der Waals surface area contributed by atoms with Crippen molar-refractivity contribution in [3.63, 3.8) is 0 Å². The molecule has 3 nitrogen and oxygen atoms in total. The van der Waals surface area contributed by atoms with Gasteiger partial charge in [-0.25, -0.2) is 4.39 Å². The van der Waals surface area contributed by atoms with E-state index in [0.29, 0.717) is 4.90 Å². The van der Waals surface area contributed by atoms with E-state index in [2.05, 4.69) is 15.9 Å². The average Bonchev–Trinajstić information content (AvgIpc) is 2.51. The van der Waals surface area contributed by atoms with E-state index in [0.717, 1.165) is 12.1 Å². The van der Waals surface area contributed by atoms with Crippen molar-refractivity contribution in [2.75, 3.05) is 11.4 Å². The van der Waals surface area contributed by atoms with Crippen LogP contribution >= 0.6 is 15.9 Å². The number of carbonyl (C=O) groups is 2. The lowest BCUT2D eigenvalue weighted by atomic mass is 10.1. The number of carbonyl (C=O) groups excluding carboxylic acids is 2. The fourth-order valence-electron chi connectivity index (χ4n) is 1.75. The fourth-order valence-corrected chi connectivity index (χ4v) is 2.09. The van der Waals surface area contributed by atoms with Gasteiger partial charge in [0.1, 0.15) is 5.82 Å². The Morgan fingerprint density at radius 1 is 1.21 bits per heavy atom. The Kier molecular flexibility index (Phi) is 3.38. The number of hydrogen-bond acceptors (Lipinski definition) is 2. The van der Waals surface area contributed by atoms with Crippen LogP contribution in [0.2, 0.25) is 0 Å². The standard InChI is InChI=1S/C11H6BrF4NO2/c12-6-3-5-8(4-7(6)13)17(10(19)9(5)18)2-1-11(14,15)16/h3-4H,1-2H2. The molecule has 19 heavy (non-hydrogen) atoms. The number of hydrogen-bond donors (Lipinski definition) is 0. The van der Waals surface area contributed by atoms with Crippen LogP contribution in [0.25, 0.3) is 0 Å². The monoisotopic (exact) mass is 339 g/mol. The van der Waals surface area contributed by atoms with Crippen LogP contribution in [0.4, 0.5) is 23.2 Å². The first kappa shape index (κ1) is 14.0. The molecule has 1 aliphatic heterocycles. The van der Waals surface area contributed by atoms with Gasteiger partial charge < -0.3 is 4.90 Å². The minimum Gasteiger partial charge on any atom is -0.304 e. The van der Waals surface area contributed by atoms with E-state index in [1.165, 1.54) is 0 Å². The number of amides is 1. The van der Waals surface area contributed by atoms with E-state index < -0.39 is 36.6 Å². The van der Waals surface area contributed by atoms with Crippen LogP contribution in [0.1, 0.15) is 16.8 Å². The van der Waals surface area contributed by atoms with Gasteiger partial charge in [-0.3, -0.25) is 9.59 Å². The van der Waals surface area contributed by atoms with E-state index in [4.69, 9.17) is 0 Å². The lowest BCUT2D eigenvalue weighted by molar-refractivity contribution is -0.133. The summed E-state index contributed by atoms with van der Waals surface area (Å²) in [6.07, 6.45) is -5.72. The number of fused-ring (bicyclic) bond motifs is 1. The molecule has 0 fully saturated rings. The third-order valence-corrected chi connectivity index (χ3v) is 3.24. The Morgan fingerprint density at radius 2 is 1.84 bits per heavy atom. The number of benzene rings is 1. The summed E-state index contributed by atoms with van der Waals surface area (Å²) in [7, 11) is 0. The zero-order valence-corrected chi connectivity index (χ0v) is 10.8. The second-order valence-electron chi connectivity index (χ2n) is 3.93. The topological polar surface area (TPSA) is 37.4 Å². The van der Waals surface area contributed by atoms with Gasteiger partial charge in [0.05, 0.1) is 22.1 Å². The smallest absolute Gasteiger partial charge is 0.304 e. The van der Waals surface area contributed by atoms with Crippen molar-refractivity contribution < 1.29 is 27.2 Å². The molecule has 1 aromatic rings. The summed E-state index contributed by atoms with van der Waals surface area (Å²) < 4.78 is 49.8. The molecule has 0 unspecified atom stereocenters. The number of nitrogens with zero attached hydrogens (tertiary/aromatic N) is 1. The molecule has 0 aromatic heterocycles. The van der Waals surface area contributed by atoms with Gasteiger partial charge in [0, 0.05) is 6.54 Å². The van der Waals surface area contributed by atoms with Crippen LogP contribution in [0.3, 0.4) is 0 Å². The third-order valence-electron chi connectivity index (χ3n) is 2.63. The quantitative estimate of drug-likeness (QED) is 0.613. The van der Waals surface area contributed by atoms with Crippen molar-refractivity contribution in [1.29, 1.82) is 0 Å². The number of halogens is 5. The Morgan fingerprint density at radius 3 is 2.42 bits per heavy atom. The maximum Gasteiger partial charge on any atom is 0.390 e. The zero-order chi connectivity index (χ0) is 14.4. The minimum absolute atomic E-state index is 0.0231. The first-order chi connectivity index (χ1) is 8.70. The van der Waals surface area contributed by atoms with Crippen LogP contribution < -0.4 is 4.90 Å². The van der Waals surface area contributed by atoms with Crippen LogP contribution in [-0.2, 0) is 4.79 Å². The SMILES string of the molecule is O=C1C(=O)N(CCC(F)(F)F)c2cc(F)c(Br)cc21. The van der Waals surface area contributed by atoms with Gasteiger partial charge in [0.2, 0.25) is 0 Å². The summed E-state index contributed by atoms with van der Waals surface area (Å²) in [6, 6.07) is 1.97. The highest BCUT2D eigenvalue weighted by molar-refractivity contribution is 9.10. The first-order valence-electron chi connectivity index (χ1n) is 5.12. The van der Waals surface area contributed by atoms with Crippen LogP contribution in [0.15, 0.2) is 16.6 Å². The molecule has 0 radical (unpaired) electrons. The van der Waals surface area contributed by atoms with Gasteiger partial charge in [0.15, 0.2) is 0 Å². The van der Waals surface area contributed by atoms with Crippen molar-refractivity contribution in [3.05, 3.63) is 28.0 Å². The number of alkyl halides is 3. The fraction of sp³-hybridized carbons (Fsp3) is 0.273. The van der Waals surface area contributed by atoms with Gasteiger partial charge in [0.25, 0.3) is 11.7 Å². The number of anilines is 1. The molecule has 1 amide bonds. The summed E-state index contributed by atoms with van der Waals surface area (Å²) in [5.74, 6) is -2.76. The molecular weight excluding hydrogens is 334 g/mol. The predicted molar refractivity (Wildman–Crippen MR) is 61.5 cm³/mol. The lowest BCUT2D eigenvalue weighted by Gasteiger charge is -2.17. The highest BCUT2D eigenvalue weighted by Gasteiger charge is 2.39. The van der Waals surface area contributed by atoms with Crippen molar-refractivity contribution in [3.8, 4) is 0 Å². The van der Waals surface area contributed by atoms with Gasteiger partial charge in [-0.2, -0.15) is 13.2 Å². The Hall–Kier alpha value is -1.44. The summed E-state index contributed by atoms with van der Waals surface area (Å²) in [6.45, 7) is -0.706. The van der Waals surface area contributed by atoms with Crippen molar-refractivity contribution in [2.45, 2.75) is 12.6 Å². The third kappa shape index (κ3) is 2.63. The molecule has 0 saturated heterocycles. The van der Waals surface area contributed by atoms with Gasteiger partial charge in [-0.1, -0.05) is 0 Å². The Labute approximate surface area is 113 Å². The Bertz CT molecular complexity index is 571.